The van der Waals surface area contributed by atoms with E-state index in [1.165, 1.54) is 38.5 Å². The molecule has 0 unspecified atom stereocenters. The quantitative estimate of drug-likeness (QED) is 0.540. The van der Waals surface area contributed by atoms with Gasteiger partial charge in [-0.05, 0) is 52.4 Å². The molecule has 0 saturated carbocycles. The van der Waals surface area contributed by atoms with Gasteiger partial charge >= 0.3 is 0 Å². The van der Waals surface area contributed by atoms with Crippen molar-refractivity contribution in [2.45, 2.75) is 76.0 Å². The summed E-state index contributed by atoms with van der Waals surface area (Å²) >= 11 is 0. The van der Waals surface area contributed by atoms with Crippen molar-refractivity contribution in [3.63, 3.8) is 0 Å². The number of fused-ring (bicyclic) bond motifs is 8. The van der Waals surface area contributed by atoms with E-state index in [2.05, 4.69) is 66.2 Å². The van der Waals surface area contributed by atoms with Gasteiger partial charge in [0.2, 0.25) is 0 Å². The van der Waals surface area contributed by atoms with Crippen LogP contribution in [0.4, 0.5) is 0 Å². The lowest BCUT2D eigenvalue weighted by Gasteiger charge is -2.51. The second kappa shape index (κ2) is 6.52. The molecule has 7 heterocycles. The molecule has 7 fully saturated rings. The van der Waals surface area contributed by atoms with Crippen LogP contribution in [-0.2, 0) is 0 Å². The lowest BCUT2D eigenvalue weighted by molar-refractivity contribution is -0.0932. The molecule has 0 N–H and O–H groups in total. The summed E-state index contributed by atoms with van der Waals surface area (Å²) < 4.78 is 0. The molecule has 34 heavy (non-hydrogen) atoms. The molecule has 0 amide bonds. The first-order chi connectivity index (χ1) is 16.3. The predicted molar refractivity (Wildman–Crippen MR) is 133 cm³/mol. The molecule has 7 rings (SSSR count). The molecule has 7 aliphatic rings. The van der Waals surface area contributed by atoms with Crippen LogP contribution in [0.3, 0.4) is 0 Å². The van der Waals surface area contributed by atoms with E-state index < -0.39 is 0 Å². The minimum absolute atomic E-state index is 0.209. The fraction of sp³-hybridized carbons (Fsp3) is 0.692. The fourth-order valence-electron chi connectivity index (χ4n) is 8.28. The van der Waals surface area contributed by atoms with E-state index in [-0.39, 0.29) is 23.7 Å². The molecule has 7 aliphatic heterocycles. The van der Waals surface area contributed by atoms with Crippen molar-refractivity contribution in [3.8, 4) is 0 Å². The number of nitrogens with zero attached hydrogens (tertiary/aromatic N) is 8. The Morgan fingerprint density at radius 3 is 1.35 bits per heavy atom. The Morgan fingerprint density at radius 1 is 0.500 bits per heavy atom. The Bertz CT molecular complexity index is 919. The first-order valence-corrected chi connectivity index (χ1v) is 13.2. The first-order valence-electron chi connectivity index (χ1n) is 13.2. The van der Waals surface area contributed by atoms with Crippen LogP contribution in [-0.4, -0.2) is 102 Å². The fourth-order valence-corrected chi connectivity index (χ4v) is 8.28. The highest BCUT2D eigenvalue weighted by Gasteiger charge is 2.72. The van der Waals surface area contributed by atoms with Crippen LogP contribution in [0.1, 0.15) is 52.4 Å². The molecular weight excluding hydrogens is 424 g/mol. The zero-order valence-electron chi connectivity index (χ0n) is 21.0. The SMILES string of the molecule is C=C1N2CCCCCN3C(=C)N4CN1C1C2N2CCCCCN5C(=C)N(CN1C2=C)C4(C)C35C. The standard InChI is InChI=1S/C26H40N8/c1-19-27-13-9-7-11-15-31-21(3)33-17-29(19)24-23(27)28-14-10-8-12-16-32-22(4)34(18-30(24)20(28)2)26(33,6)25(31,32)5/h23-24H,1-4,7-18H2,5-6H3. The summed E-state index contributed by atoms with van der Waals surface area (Å²) in [5.41, 5.74) is -0.512. The highest BCUT2D eigenvalue weighted by atomic mass is 15.8. The maximum Gasteiger partial charge on any atom is 0.158 e. The molecule has 0 aromatic heterocycles. The van der Waals surface area contributed by atoms with Crippen molar-refractivity contribution in [2.75, 3.05) is 39.5 Å². The maximum absolute atomic E-state index is 4.72. The third-order valence-electron chi connectivity index (χ3n) is 10.3. The van der Waals surface area contributed by atoms with Crippen LogP contribution in [0.15, 0.2) is 49.6 Å². The van der Waals surface area contributed by atoms with Crippen molar-refractivity contribution in [1.29, 1.82) is 0 Å². The Morgan fingerprint density at radius 2 is 0.882 bits per heavy atom. The summed E-state index contributed by atoms with van der Waals surface area (Å²) in [5.74, 6) is 4.61. The lowest BCUT2D eigenvalue weighted by Crippen LogP contribution is -2.68. The van der Waals surface area contributed by atoms with Crippen LogP contribution in [0.5, 0.6) is 0 Å². The molecule has 0 radical (unpaired) electrons. The van der Waals surface area contributed by atoms with E-state index in [0.717, 1.165) is 62.8 Å². The van der Waals surface area contributed by atoms with Gasteiger partial charge in [0.1, 0.15) is 35.6 Å². The maximum atomic E-state index is 4.72. The van der Waals surface area contributed by atoms with Crippen molar-refractivity contribution >= 4 is 0 Å². The van der Waals surface area contributed by atoms with E-state index in [1.54, 1.807) is 0 Å². The number of rotatable bonds is 0. The Labute approximate surface area is 204 Å². The first kappa shape index (κ1) is 20.7. The van der Waals surface area contributed by atoms with Crippen molar-refractivity contribution < 1.29 is 0 Å². The minimum Gasteiger partial charge on any atom is -0.335 e. The largest absolute Gasteiger partial charge is 0.335 e. The van der Waals surface area contributed by atoms with Gasteiger partial charge in [0.05, 0.1) is 13.3 Å². The topological polar surface area (TPSA) is 25.9 Å². The van der Waals surface area contributed by atoms with Crippen LogP contribution < -0.4 is 0 Å². The number of hydrogen-bond acceptors (Lipinski definition) is 8. The predicted octanol–water partition coefficient (Wildman–Crippen LogP) is 2.72. The van der Waals surface area contributed by atoms with Gasteiger partial charge in [0.15, 0.2) is 11.3 Å². The van der Waals surface area contributed by atoms with Crippen LogP contribution in [0, 0.1) is 0 Å². The van der Waals surface area contributed by atoms with Gasteiger partial charge < -0.3 is 39.2 Å². The third kappa shape index (κ3) is 2.09. The van der Waals surface area contributed by atoms with Crippen molar-refractivity contribution in [1.82, 2.24) is 39.2 Å². The zero-order chi connectivity index (χ0) is 23.6. The van der Waals surface area contributed by atoms with E-state index in [1.807, 2.05) is 0 Å². The van der Waals surface area contributed by atoms with Gasteiger partial charge in [-0.3, -0.25) is 0 Å². The summed E-state index contributed by atoms with van der Waals surface area (Å²) in [4.78, 5) is 20.6. The highest BCUT2D eigenvalue weighted by Crippen LogP contribution is 2.58. The summed E-state index contributed by atoms with van der Waals surface area (Å²) in [6.07, 6.45) is 7.66. The smallest absolute Gasteiger partial charge is 0.158 e. The van der Waals surface area contributed by atoms with E-state index in [0.29, 0.717) is 0 Å². The summed E-state index contributed by atoms with van der Waals surface area (Å²) in [6.45, 7) is 29.4. The minimum atomic E-state index is -0.287. The molecule has 8 bridgehead atoms. The van der Waals surface area contributed by atoms with E-state index >= 15 is 0 Å². The summed E-state index contributed by atoms with van der Waals surface area (Å²) in [7, 11) is 0. The van der Waals surface area contributed by atoms with Crippen molar-refractivity contribution in [2.24, 2.45) is 0 Å². The highest BCUT2D eigenvalue weighted by molar-refractivity contribution is 5.33. The average molecular weight is 465 g/mol. The molecule has 0 spiro atoms. The van der Waals surface area contributed by atoms with Gasteiger partial charge in [0, 0.05) is 26.2 Å². The van der Waals surface area contributed by atoms with Gasteiger partial charge in [-0.1, -0.05) is 26.3 Å². The Balaban J connectivity index is 1.50. The van der Waals surface area contributed by atoms with Crippen LogP contribution >= 0.6 is 0 Å². The van der Waals surface area contributed by atoms with Gasteiger partial charge in [-0.25, -0.2) is 0 Å². The normalized spacial score (nSPS) is 39.2. The molecule has 7 saturated heterocycles. The van der Waals surface area contributed by atoms with Gasteiger partial charge in [-0.2, -0.15) is 0 Å². The summed E-state index contributed by atoms with van der Waals surface area (Å²) in [5, 5.41) is 0. The second-order valence-electron chi connectivity index (χ2n) is 11.4. The van der Waals surface area contributed by atoms with E-state index in [4.69, 9.17) is 13.2 Å². The van der Waals surface area contributed by atoms with Crippen LogP contribution in [0.2, 0.25) is 0 Å². The molecule has 0 aromatic rings. The average Bonchev–Trinajstić information content (AvgIpc) is 3.31. The molecule has 0 aromatic carbocycles. The molecule has 184 valence electrons. The molecule has 0 atom stereocenters. The van der Waals surface area contributed by atoms with Gasteiger partial charge in [0.25, 0.3) is 0 Å². The Kier molecular flexibility index (Phi) is 3.97. The van der Waals surface area contributed by atoms with Crippen LogP contribution in [0.25, 0.3) is 0 Å². The van der Waals surface area contributed by atoms with Gasteiger partial charge in [-0.15, -0.1) is 0 Å². The van der Waals surface area contributed by atoms with Crippen molar-refractivity contribution in [3.05, 3.63) is 49.6 Å². The molecular formula is C26H40N8. The molecule has 8 nitrogen and oxygen atoms in total. The third-order valence-corrected chi connectivity index (χ3v) is 10.3. The summed E-state index contributed by atoms with van der Waals surface area (Å²) in [6, 6.07) is 0. The zero-order valence-corrected chi connectivity index (χ0v) is 21.0. The van der Waals surface area contributed by atoms with E-state index in [9.17, 15) is 0 Å². The monoisotopic (exact) mass is 464 g/mol. The Hall–Kier alpha value is -2.64. The lowest BCUT2D eigenvalue weighted by atomic mass is 9.94. The number of hydrogen-bond donors (Lipinski definition) is 0. The second-order valence-corrected chi connectivity index (χ2v) is 11.4. The molecule has 8 heteroatoms. The molecule has 0 aliphatic carbocycles.